The lowest BCUT2D eigenvalue weighted by Gasteiger charge is -2.57. The van der Waals surface area contributed by atoms with Crippen LogP contribution in [-0.2, 0) is 9.53 Å². The van der Waals surface area contributed by atoms with Crippen molar-refractivity contribution in [3.8, 4) is 0 Å². The molecule has 4 fully saturated rings. The van der Waals surface area contributed by atoms with Crippen LogP contribution >= 0.6 is 0 Å². The third-order valence-corrected chi connectivity index (χ3v) is 5.22. The van der Waals surface area contributed by atoms with Gasteiger partial charge in [-0.05, 0) is 68.1 Å². The third-order valence-electron chi connectivity index (χ3n) is 5.22. The fourth-order valence-electron chi connectivity index (χ4n) is 5.03. The Kier molecular flexibility index (Phi) is 3.07. The van der Waals surface area contributed by atoms with Crippen molar-refractivity contribution in [1.29, 1.82) is 0 Å². The van der Waals surface area contributed by atoms with Gasteiger partial charge in [-0.1, -0.05) is 0 Å². The molecule has 0 N–H and O–H groups in total. The molecule has 0 aliphatic heterocycles. The molecule has 2 nitrogen and oxygen atoms in total. The standard InChI is InChI=1S/C14H20F2O2/c15-12(16)13(17)18-2-1-14-6-9-3-10(7-14)5-11(4-9)8-14/h9-12H,1-8H2. The molecule has 4 rings (SSSR count). The normalized spacial score (nSPS) is 41.4. The van der Waals surface area contributed by atoms with Gasteiger partial charge in [-0.25, -0.2) is 4.79 Å². The van der Waals surface area contributed by atoms with E-state index in [1.807, 2.05) is 0 Å². The Hall–Kier alpha value is -0.670. The van der Waals surface area contributed by atoms with E-state index < -0.39 is 12.4 Å². The molecule has 0 heterocycles. The molecule has 0 amide bonds. The van der Waals surface area contributed by atoms with E-state index in [2.05, 4.69) is 4.74 Å². The Labute approximate surface area is 106 Å². The predicted octanol–water partition coefficient (Wildman–Crippen LogP) is 3.40. The minimum absolute atomic E-state index is 0.176. The lowest BCUT2D eigenvalue weighted by Crippen LogP contribution is -2.46. The van der Waals surface area contributed by atoms with Gasteiger partial charge in [0, 0.05) is 0 Å². The van der Waals surface area contributed by atoms with Gasteiger partial charge in [0.2, 0.25) is 0 Å². The van der Waals surface area contributed by atoms with Gasteiger partial charge in [-0.15, -0.1) is 0 Å². The third kappa shape index (κ3) is 2.26. The van der Waals surface area contributed by atoms with E-state index in [1.165, 1.54) is 38.5 Å². The molecule has 4 aliphatic carbocycles. The fraction of sp³-hybridized carbons (Fsp3) is 0.929. The molecular weight excluding hydrogens is 238 g/mol. The Morgan fingerprint density at radius 3 is 2.06 bits per heavy atom. The minimum Gasteiger partial charge on any atom is -0.461 e. The zero-order valence-corrected chi connectivity index (χ0v) is 10.5. The van der Waals surface area contributed by atoms with Crippen molar-refractivity contribution in [1.82, 2.24) is 0 Å². The number of carbonyl (C=O) groups excluding carboxylic acids is 1. The average molecular weight is 258 g/mol. The molecule has 4 aliphatic rings. The zero-order chi connectivity index (χ0) is 12.8. The first-order valence-corrected chi connectivity index (χ1v) is 7.01. The van der Waals surface area contributed by atoms with E-state index in [-0.39, 0.29) is 6.61 Å². The number of rotatable bonds is 4. The van der Waals surface area contributed by atoms with Crippen molar-refractivity contribution >= 4 is 5.97 Å². The second-order valence-electron chi connectivity index (χ2n) is 6.64. The lowest BCUT2D eigenvalue weighted by molar-refractivity contribution is -0.158. The molecule has 4 heteroatoms. The smallest absolute Gasteiger partial charge is 0.373 e. The van der Waals surface area contributed by atoms with E-state index >= 15 is 0 Å². The van der Waals surface area contributed by atoms with E-state index in [1.54, 1.807) is 0 Å². The monoisotopic (exact) mass is 258 g/mol. The summed E-state index contributed by atoms with van der Waals surface area (Å²) in [5.74, 6) is 1.19. The van der Waals surface area contributed by atoms with Crippen LogP contribution in [0.4, 0.5) is 8.78 Å². The van der Waals surface area contributed by atoms with Crippen molar-refractivity contribution in [2.75, 3.05) is 6.61 Å². The van der Waals surface area contributed by atoms with Crippen molar-refractivity contribution in [2.24, 2.45) is 23.2 Å². The molecule has 0 radical (unpaired) electrons. The van der Waals surface area contributed by atoms with Gasteiger partial charge in [0.15, 0.2) is 0 Å². The fourth-order valence-corrected chi connectivity index (χ4v) is 5.03. The van der Waals surface area contributed by atoms with Gasteiger partial charge in [-0.2, -0.15) is 8.78 Å². The highest BCUT2D eigenvalue weighted by atomic mass is 19.3. The quantitative estimate of drug-likeness (QED) is 0.722. The van der Waals surface area contributed by atoms with Crippen LogP contribution in [0.3, 0.4) is 0 Å². The summed E-state index contributed by atoms with van der Waals surface area (Å²) in [7, 11) is 0. The van der Waals surface area contributed by atoms with Crippen LogP contribution in [-0.4, -0.2) is 19.0 Å². The molecule has 0 unspecified atom stereocenters. The first-order valence-electron chi connectivity index (χ1n) is 7.01. The molecule has 0 aromatic rings. The molecule has 102 valence electrons. The second-order valence-corrected chi connectivity index (χ2v) is 6.64. The highest BCUT2D eigenvalue weighted by Gasteiger charge is 2.50. The van der Waals surface area contributed by atoms with E-state index in [0.717, 1.165) is 24.2 Å². The van der Waals surface area contributed by atoms with Crippen LogP contribution in [0, 0.1) is 23.2 Å². The SMILES string of the molecule is O=C(OCCC12CC3CC(CC(C3)C1)C2)C(F)F. The topological polar surface area (TPSA) is 26.3 Å². The molecule has 4 saturated carbocycles. The number of hydrogen-bond acceptors (Lipinski definition) is 2. The van der Waals surface area contributed by atoms with Crippen LogP contribution < -0.4 is 0 Å². The molecular formula is C14H20F2O2. The Bertz CT molecular complexity index is 305. The van der Waals surface area contributed by atoms with Crippen LogP contribution in [0.15, 0.2) is 0 Å². The summed E-state index contributed by atoms with van der Waals surface area (Å²) in [4.78, 5) is 10.8. The molecule has 0 atom stereocenters. The van der Waals surface area contributed by atoms with Crippen LogP contribution in [0.1, 0.15) is 44.9 Å². The summed E-state index contributed by atoms with van der Waals surface area (Å²) in [6.07, 6.45) is 5.60. The maximum Gasteiger partial charge on any atom is 0.373 e. The van der Waals surface area contributed by atoms with Crippen molar-refractivity contribution in [2.45, 2.75) is 51.4 Å². The Balaban J connectivity index is 1.54. The van der Waals surface area contributed by atoms with Gasteiger partial charge < -0.3 is 4.74 Å². The molecule has 0 aromatic heterocycles. The van der Waals surface area contributed by atoms with Gasteiger partial charge in [-0.3, -0.25) is 0 Å². The highest BCUT2D eigenvalue weighted by molar-refractivity contribution is 5.72. The highest BCUT2D eigenvalue weighted by Crippen LogP contribution is 2.61. The predicted molar refractivity (Wildman–Crippen MR) is 62.2 cm³/mol. The number of carbonyl (C=O) groups is 1. The molecule has 18 heavy (non-hydrogen) atoms. The maximum absolute atomic E-state index is 12.0. The molecule has 0 aromatic carbocycles. The maximum atomic E-state index is 12.0. The summed E-state index contributed by atoms with van der Waals surface area (Å²) in [6, 6.07) is 0. The number of halogens is 2. The van der Waals surface area contributed by atoms with E-state index in [4.69, 9.17) is 0 Å². The molecule has 4 bridgehead atoms. The molecule has 0 spiro atoms. The van der Waals surface area contributed by atoms with Gasteiger partial charge >= 0.3 is 12.4 Å². The Morgan fingerprint density at radius 2 is 1.61 bits per heavy atom. The average Bonchev–Trinajstić information content (AvgIpc) is 2.26. The second kappa shape index (κ2) is 4.46. The number of esters is 1. The van der Waals surface area contributed by atoms with Gasteiger partial charge in [0.1, 0.15) is 0 Å². The van der Waals surface area contributed by atoms with Crippen molar-refractivity contribution < 1.29 is 18.3 Å². The Morgan fingerprint density at radius 1 is 1.11 bits per heavy atom. The number of alkyl halides is 2. The minimum atomic E-state index is -2.98. The largest absolute Gasteiger partial charge is 0.461 e. The van der Waals surface area contributed by atoms with E-state index in [9.17, 15) is 13.6 Å². The molecule has 0 saturated heterocycles. The first kappa shape index (κ1) is 12.4. The van der Waals surface area contributed by atoms with Crippen LogP contribution in [0.2, 0.25) is 0 Å². The van der Waals surface area contributed by atoms with E-state index in [0.29, 0.717) is 5.41 Å². The van der Waals surface area contributed by atoms with Crippen molar-refractivity contribution in [3.63, 3.8) is 0 Å². The van der Waals surface area contributed by atoms with Gasteiger partial charge in [0.05, 0.1) is 6.61 Å². The van der Waals surface area contributed by atoms with Crippen LogP contribution in [0.5, 0.6) is 0 Å². The summed E-state index contributed by atoms with van der Waals surface area (Å²) in [5, 5.41) is 0. The zero-order valence-electron chi connectivity index (χ0n) is 10.5. The van der Waals surface area contributed by atoms with Crippen molar-refractivity contribution in [3.05, 3.63) is 0 Å². The van der Waals surface area contributed by atoms with Crippen LogP contribution in [0.25, 0.3) is 0 Å². The lowest BCUT2D eigenvalue weighted by atomic mass is 9.49. The summed E-state index contributed by atoms with van der Waals surface area (Å²) < 4.78 is 28.7. The first-order chi connectivity index (χ1) is 8.56. The number of hydrogen-bond donors (Lipinski definition) is 0. The van der Waals surface area contributed by atoms with Gasteiger partial charge in [0.25, 0.3) is 0 Å². The summed E-state index contributed by atoms with van der Waals surface area (Å²) in [5.41, 5.74) is 0.303. The summed E-state index contributed by atoms with van der Waals surface area (Å²) in [6.45, 7) is 0.176. The number of ether oxygens (including phenoxy) is 1. The summed E-state index contributed by atoms with van der Waals surface area (Å²) >= 11 is 0.